The summed E-state index contributed by atoms with van der Waals surface area (Å²) < 4.78 is 13.7. The molecule has 1 aliphatic rings. The van der Waals surface area contributed by atoms with E-state index in [9.17, 15) is 14.0 Å². The second kappa shape index (κ2) is 4.67. The molecule has 0 saturated carbocycles. The van der Waals surface area contributed by atoms with Crippen LogP contribution < -0.4 is 5.32 Å². The molecule has 1 aliphatic heterocycles. The number of hydrogen-bond acceptors (Lipinski definition) is 5. The van der Waals surface area contributed by atoms with E-state index >= 15 is 0 Å². The standard InChI is InChI=1S/C11H13FN4O2/c1-6-9(12)10(14-5-13-6)15-7-3-4-8(17)16(2)11(7)18/h5,7H,3-4H2,1-2H3,(H,13,14,15). The number of amides is 2. The molecule has 18 heavy (non-hydrogen) atoms. The van der Waals surface area contributed by atoms with Gasteiger partial charge in [-0.25, -0.2) is 14.4 Å². The van der Waals surface area contributed by atoms with Crippen LogP contribution >= 0.6 is 0 Å². The third kappa shape index (κ3) is 2.15. The predicted molar refractivity (Wildman–Crippen MR) is 61.1 cm³/mol. The third-order valence-electron chi connectivity index (χ3n) is 2.92. The third-order valence-corrected chi connectivity index (χ3v) is 2.92. The van der Waals surface area contributed by atoms with Crippen molar-refractivity contribution in [2.75, 3.05) is 12.4 Å². The molecule has 1 fully saturated rings. The van der Waals surface area contributed by atoms with E-state index < -0.39 is 11.9 Å². The van der Waals surface area contributed by atoms with Crippen molar-refractivity contribution in [3.05, 3.63) is 17.8 Å². The summed E-state index contributed by atoms with van der Waals surface area (Å²) in [5.41, 5.74) is 0.209. The topological polar surface area (TPSA) is 75.2 Å². The Hall–Kier alpha value is -2.05. The number of rotatable bonds is 2. The highest BCUT2D eigenvalue weighted by Crippen LogP contribution is 2.18. The molecule has 6 nitrogen and oxygen atoms in total. The molecule has 2 heterocycles. The predicted octanol–water partition coefficient (Wildman–Crippen LogP) is 0.483. The SMILES string of the molecule is Cc1ncnc(NC2CCC(=O)N(C)C2=O)c1F. The fraction of sp³-hybridized carbons (Fsp3) is 0.455. The molecular formula is C11H13FN4O2. The molecule has 0 bridgehead atoms. The van der Waals surface area contributed by atoms with Crippen molar-refractivity contribution in [1.82, 2.24) is 14.9 Å². The van der Waals surface area contributed by atoms with Crippen molar-refractivity contribution >= 4 is 17.6 Å². The van der Waals surface area contributed by atoms with Gasteiger partial charge in [0.05, 0.1) is 5.69 Å². The molecule has 1 saturated heterocycles. The smallest absolute Gasteiger partial charge is 0.251 e. The van der Waals surface area contributed by atoms with Crippen LogP contribution in [-0.2, 0) is 9.59 Å². The van der Waals surface area contributed by atoms with Gasteiger partial charge in [0.2, 0.25) is 5.91 Å². The van der Waals surface area contributed by atoms with E-state index in [1.807, 2.05) is 0 Å². The number of nitrogens with one attached hydrogen (secondary N) is 1. The van der Waals surface area contributed by atoms with Gasteiger partial charge in [-0.05, 0) is 13.3 Å². The van der Waals surface area contributed by atoms with Gasteiger partial charge >= 0.3 is 0 Å². The summed E-state index contributed by atoms with van der Waals surface area (Å²) in [5, 5.41) is 2.72. The van der Waals surface area contributed by atoms with E-state index in [0.717, 1.165) is 4.90 Å². The molecule has 1 aromatic heterocycles. The average molecular weight is 252 g/mol. The van der Waals surface area contributed by atoms with E-state index in [4.69, 9.17) is 0 Å². The first-order chi connectivity index (χ1) is 8.50. The molecule has 7 heteroatoms. The van der Waals surface area contributed by atoms with E-state index in [1.165, 1.54) is 20.3 Å². The van der Waals surface area contributed by atoms with Gasteiger partial charge in [0.15, 0.2) is 11.6 Å². The van der Waals surface area contributed by atoms with Gasteiger partial charge in [-0.15, -0.1) is 0 Å². The van der Waals surface area contributed by atoms with Crippen LogP contribution in [0, 0.1) is 12.7 Å². The van der Waals surface area contributed by atoms with Gasteiger partial charge in [-0.1, -0.05) is 0 Å². The lowest BCUT2D eigenvalue weighted by atomic mass is 10.0. The summed E-state index contributed by atoms with van der Waals surface area (Å²) in [5.74, 6) is -1.19. The number of likely N-dealkylation sites (tertiary alicyclic amines) is 1. The lowest BCUT2D eigenvalue weighted by Gasteiger charge is -2.28. The normalized spacial score (nSPS) is 20.2. The first-order valence-electron chi connectivity index (χ1n) is 5.54. The molecule has 0 radical (unpaired) electrons. The minimum atomic E-state index is -0.628. The number of piperidine rings is 1. The maximum atomic E-state index is 13.7. The second-order valence-electron chi connectivity index (χ2n) is 4.15. The highest BCUT2D eigenvalue weighted by molar-refractivity contribution is 6.01. The van der Waals surface area contributed by atoms with Crippen LogP contribution in [0.4, 0.5) is 10.2 Å². The van der Waals surface area contributed by atoms with Crippen LogP contribution in [0.1, 0.15) is 18.5 Å². The Bertz CT molecular complexity index is 506. The van der Waals surface area contributed by atoms with Crippen molar-refractivity contribution in [2.45, 2.75) is 25.8 Å². The quantitative estimate of drug-likeness (QED) is 0.775. The molecule has 2 rings (SSSR count). The monoisotopic (exact) mass is 252 g/mol. The number of carbonyl (C=O) groups excluding carboxylic acids is 2. The Balaban J connectivity index is 2.17. The first kappa shape index (κ1) is 12.4. The Morgan fingerprint density at radius 2 is 2.17 bits per heavy atom. The van der Waals surface area contributed by atoms with Gasteiger partial charge in [0, 0.05) is 13.5 Å². The van der Waals surface area contributed by atoms with Crippen LogP contribution in [0.2, 0.25) is 0 Å². The van der Waals surface area contributed by atoms with Crippen LogP contribution in [0.3, 0.4) is 0 Å². The molecule has 0 spiro atoms. The Kier molecular flexibility index (Phi) is 3.22. The van der Waals surface area contributed by atoms with Crippen molar-refractivity contribution < 1.29 is 14.0 Å². The molecule has 0 aliphatic carbocycles. The summed E-state index contributed by atoms with van der Waals surface area (Å²) >= 11 is 0. The fourth-order valence-electron chi connectivity index (χ4n) is 1.77. The fourth-order valence-corrected chi connectivity index (χ4v) is 1.77. The number of anilines is 1. The molecule has 1 aromatic rings. The van der Waals surface area contributed by atoms with Crippen LogP contribution in [0.25, 0.3) is 0 Å². The number of nitrogens with zero attached hydrogens (tertiary/aromatic N) is 3. The summed E-state index contributed by atoms with van der Waals surface area (Å²) in [6.45, 7) is 1.51. The van der Waals surface area contributed by atoms with Crippen LogP contribution in [0.5, 0.6) is 0 Å². The van der Waals surface area contributed by atoms with E-state index in [2.05, 4.69) is 15.3 Å². The minimum Gasteiger partial charge on any atom is -0.356 e. The zero-order valence-electron chi connectivity index (χ0n) is 10.1. The number of likely N-dealkylation sites (N-methyl/N-ethyl adjacent to an activating group) is 1. The number of aryl methyl sites for hydroxylation is 1. The summed E-state index contributed by atoms with van der Waals surface area (Å²) in [6.07, 6.45) is 1.82. The first-order valence-corrected chi connectivity index (χ1v) is 5.54. The zero-order chi connectivity index (χ0) is 13.3. The zero-order valence-corrected chi connectivity index (χ0v) is 10.1. The van der Waals surface area contributed by atoms with Gasteiger partial charge in [0.1, 0.15) is 12.4 Å². The van der Waals surface area contributed by atoms with Gasteiger partial charge in [-0.2, -0.15) is 0 Å². The maximum absolute atomic E-state index is 13.7. The molecule has 1 atom stereocenters. The van der Waals surface area contributed by atoms with Crippen molar-refractivity contribution in [3.8, 4) is 0 Å². The van der Waals surface area contributed by atoms with Crippen molar-refractivity contribution in [1.29, 1.82) is 0 Å². The summed E-state index contributed by atoms with van der Waals surface area (Å²) in [7, 11) is 1.42. The average Bonchev–Trinajstić information content (AvgIpc) is 2.35. The number of carbonyl (C=O) groups is 2. The highest BCUT2D eigenvalue weighted by Gasteiger charge is 2.32. The van der Waals surface area contributed by atoms with Gasteiger partial charge < -0.3 is 5.32 Å². The van der Waals surface area contributed by atoms with E-state index in [1.54, 1.807) is 0 Å². The van der Waals surface area contributed by atoms with Crippen LogP contribution in [-0.4, -0.2) is 39.8 Å². The summed E-state index contributed by atoms with van der Waals surface area (Å²) in [4.78, 5) is 31.6. The van der Waals surface area contributed by atoms with E-state index in [0.29, 0.717) is 6.42 Å². The van der Waals surface area contributed by atoms with E-state index in [-0.39, 0.29) is 29.7 Å². The molecule has 1 unspecified atom stereocenters. The molecule has 1 N–H and O–H groups in total. The lowest BCUT2D eigenvalue weighted by Crippen LogP contribution is -2.48. The van der Waals surface area contributed by atoms with Gasteiger partial charge in [0.25, 0.3) is 5.91 Å². The molecule has 0 aromatic carbocycles. The second-order valence-corrected chi connectivity index (χ2v) is 4.15. The summed E-state index contributed by atoms with van der Waals surface area (Å²) in [6, 6.07) is -0.628. The van der Waals surface area contributed by atoms with Crippen LogP contribution in [0.15, 0.2) is 6.33 Å². The maximum Gasteiger partial charge on any atom is 0.251 e. The minimum absolute atomic E-state index is 0.0106. The Labute approximate surface area is 103 Å². The number of imide groups is 1. The Morgan fingerprint density at radius 3 is 2.89 bits per heavy atom. The Morgan fingerprint density at radius 1 is 1.44 bits per heavy atom. The lowest BCUT2D eigenvalue weighted by molar-refractivity contribution is -0.146. The van der Waals surface area contributed by atoms with Crippen molar-refractivity contribution in [2.24, 2.45) is 0 Å². The molecule has 2 amide bonds. The highest BCUT2D eigenvalue weighted by atomic mass is 19.1. The number of hydrogen-bond donors (Lipinski definition) is 1. The number of aromatic nitrogens is 2. The van der Waals surface area contributed by atoms with Gasteiger partial charge in [-0.3, -0.25) is 14.5 Å². The largest absolute Gasteiger partial charge is 0.356 e. The molecule has 96 valence electrons. The number of halogens is 1. The molecular weight excluding hydrogens is 239 g/mol. The van der Waals surface area contributed by atoms with Crippen molar-refractivity contribution in [3.63, 3.8) is 0 Å².